The van der Waals surface area contributed by atoms with E-state index in [1.807, 2.05) is 78.9 Å². The van der Waals surface area contributed by atoms with Gasteiger partial charge in [0.15, 0.2) is 5.82 Å². The lowest BCUT2D eigenvalue weighted by atomic mass is 10.1. The molecule has 4 heteroatoms. The molecule has 0 radical (unpaired) electrons. The summed E-state index contributed by atoms with van der Waals surface area (Å²) in [6, 6.07) is 30.0. The van der Waals surface area contributed by atoms with Crippen LogP contribution in [0, 0.1) is 0 Å². The Kier molecular flexibility index (Phi) is 4.97. The third kappa shape index (κ3) is 4.07. The summed E-state index contributed by atoms with van der Waals surface area (Å²) in [7, 11) is 0. The van der Waals surface area contributed by atoms with Crippen LogP contribution in [0.5, 0.6) is 0 Å². The van der Waals surface area contributed by atoms with Gasteiger partial charge in [0.25, 0.3) is 0 Å². The predicted octanol–water partition coefficient (Wildman–Crippen LogP) is 5.37. The molecule has 0 aliphatic carbocycles. The lowest BCUT2D eigenvalue weighted by molar-refractivity contribution is 1.18. The van der Waals surface area contributed by atoms with Crippen LogP contribution < -0.4 is 0 Å². The fourth-order valence-corrected chi connectivity index (χ4v) is 2.73. The van der Waals surface area contributed by atoms with Gasteiger partial charge in [-0.1, -0.05) is 72.8 Å². The van der Waals surface area contributed by atoms with Crippen LogP contribution in [0.2, 0.25) is 0 Å². The van der Waals surface area contributed by atoms with E-state index >= 15 is 0 Å². The summed E-state index contributed by atoms with van der Waals surface area (Å²) in [5, 5.41) is 0. The van der Waals surface area contributed by atoms with Crippen molar-refractivity contribution in [1.82, 2.24) is 19.9 Å². The van der Waals surface area contributed by atoms with Crippen LogP contribution in [0.15, 0.2) is 104 Å². The molecular formula is C23H18N4. The Morgan fingerprint density at radius 3 is 2.00 bits per heavy atom. The number of nitrogens with one attached hydrogen (secondary N) is 1. The van der Waals surface area contributed by atoms with E-state index in [1.165, 1.54) is 0 Å². The molecule has 27 heavy (non-hydrogen) atoms. The quantitative estimate of drug-likeness (QED) is 0.465. The number of benzene rings is 3. The molecule has 4 nitrogen and oxygen atoms in total. The maximum Gasteiger partial charge on any atom is 0.159 e. The van der Waals surface area contributed by atoms with Crippen LogP contribution in [0.4, 0.5) is 0 Å². The van der Waals surface area contributed by atoms with E-state index in [9.17, 15) is 0 Å². The molecule has 0 unspecified atom stereocenters. The summed E-state index contributed by atoms with van der Waals surface area (Å²) in [5.41, 5.74) is 5.21. The largest absolute Gasteiger partial charge is 0.345 e. The van der Waals surface area contributed by atoms with Crippen LogP contribution in [0.25, 0.3) is 33.7 Å². The number of hydrogen-bond acceptors (Lipinski definition) is 3. The fraction of sp³-hybridized carbons (Fsp3) is 0. The number of nitrogens with zero attached hydrogens (tertiary/aromatic N) is 3. The number of H-pyrrole nitrogens is 1. The molecule has 2 aromatic heterocycles. The Morgan fingerprint density at radius 1 is 0.593 bits per heavy atom. The van der Waals surface area contributed by atoms with Crippen LogP contribution >= 0.6 is 0 Å². The molecule has 3 aromatic carbocycles. The Balaban J connectivity index is 0.000000167. The first kappa shape index (κ1) is 16.7. The zero-order valence-corrected chi connectivity index (χ0v) is 14.7. The summed E-state index contributed by atoms with van der Waals surface area (Å²) >= 11 is 0. The molecule has 0 atom stereocenters. The highest BCUT2D eigenvalue weighted by Gasteiger charge is 2.03. The second kappa shape index (κ2) is 8.06. The molecule has 0 aliphatic rings. The number of rotatable bonds is 2. The molecule has 0 spiro atoms. The normalized spacial score (nSPS) is 10.2. The van der Waals surface area contributed by atoms with Crippen LogP contribution in [-0.2, 0) is 0 Å². The van der Waals surface area contributed by atoms with Gasteiger partial charge in [-0.2, -0.15) is 0 Å². The van der Waals surface area contributed by atoms with Crippen molar-refractivity contribution in [2.75, 3.05) is 0 Å². The van der Waals surface area contributed by atoms with Gasteiger partial charge in [-0.05, 0) is 18.2 Å². The van der Waals surface area contributed by atoms with Gasteiger partial charge >= 0.3 is 0 Å². The van der Waals surface area contributed by atoms with E-state index in [-0.39, 0.29) is 0 Å². The van der Waals surface area contributed by atoms with E-state index in [4.69, 9.17) is 0 Å². The first-order valence-electron chi connectivity index (χ1n) is 8.72. The Bertz CT molecular complexity index is 1030. The minimum absolute atomic E-state index is 0.761. The SMILES string of the molecule is c1ccc(-c2ccnc(-c3ccccc3)n2)cc1.c1ccc2[nH]cnc2c1. The van der Waals surface area contributed by atoms with Crippen molar-refractivity contribution in [3.8, 4) is 22.6 Å². The maximum atomic E-state index is 4.60. The van der Waals surface area contributed by atoms with Gasteiger partial charge in [0.05, 0.1) is 23.1 Å². The van der Waals surface area contributed by atoms with Crippen molar-refractivity contribution >= 4 is 11.0 Å². The van der Waals surface area contributed by atoms with Gasteiger partial charge in [-0.25, -0.2) is 15.0 Å². The van der Waals surface area contributed by atoms with Gasteiger partial charge in [-0.15, -0.1) is 0 Å². The first-order chi connectivity index (χ1) is 13.4. The van der Waals surface area contributed by atoms with Gasteiger partial charge in [0.1, 0.15) is 0 Å². The molecule has 0 amide bonds. The van der Waals surface area contributed by atoms with Crippen molar-refractivity contribution in [2.24, 2.45) is 0 Å². The molecule has 1 N–H and O–H groups in total. The predicted molar refractivity (Wildman–Crippen MR) is 109 cm³/mol. The molecule has 0 aliphatic heterocycles. The van der Waals surface area contributed by atoms with Gasteiger partial charge in [0.2, 0.25) is 0 Å². The minimum atomic E-state index is 0.761. The summed E-state index contributed by atoms with van der Waals surface area (Å²) in [4.78, 5) is 16.0. The Hall–Kier alpha value is -3.79. The van der Waals surface area contributed by atoms with Crippen LogP contribution in [0.1, 0.15) is 0 Å². The zero-order valence-electron chi connectivity index (χ0n) is 14.7. The third-order valence-electron chi connectivity index (χ3n) is 4.08. The lowest BCUT2D eigenvalue weighted by Crippen LogP contribution is -1.90. The molecule has 130 valence electrons. The number of para-hydroxylation sites is 2. The molecular weight excluding hydrogens is 332 g/mol. The summed E-state index contributed by atoms with van der Waals surface area (Å²) in [5.74, 6) is 0.761. The van der Waals surface area contributed by atoms with Gasteiger partial charge in [0, 0.05) is 17.3 Å². The fourth-order valence-electron chi connectivity index (χ4n) is 2.73. The van der Waals surface area contributed by atoms with Crippen molar-refractivity contribution in [1.29, 1.82) is 0 Å². The lowest BCUT2D eigenvalue weighted by Gasteiger charge is -2.03. The molecule has 5 aromatic rings. The smallest absolute Gasteiger partial charge is 0.159 e. The number of aromatic nitrogens is 4. The summed E-state index contributed by atoms with van der Waals surface area (Å²) < 4.78 is 0. The number of aromatic amines is 1. The minimum Gasteiger partial charge on any atom is -0.345 e. The number of imidazole rings is 1. The van der Waals surface area contributed by atoms with E-state index in [0.29, 0.717) is 0 Å². The van der Waals surface area contributed by atoms with Crippen molar-refractivity contribution in [3.63, 3.8) is 0 Å². The van der Waals surface area contributed by atoms with E-state index in [1.54, 1.807) is 12.5 Å². The number of hydrogen-bond donors (Lipinski definition) is 1. The Morgan fingerprint density at radius 2 is 1.26 bits per heavy atom. The average Bonchev–Trinajstić information content (AvgIpc) is 3.25. The molecule has 2 heterocycles. The number of fused-ring (bicyclic) bond motifs is 1. The molecule has 0 saturated carbocycles. The van der Waals surface area contributed by atoms with E-state index < -0.39 is 0 Å². The third-order valence-corrected chi connectivity index (χ3v) is 4.08. The molecule has 0 fully saturated rings. The molecule has 0 saturated heterocycles. The average molecular weight is 350 g/mol. The molecule has 0 bridgehead atoms. The van der Waals surface area contributed by atoms with Crippen molar-refractivity contribution < 1.29 is 0 Å². The molecule has 5 rings (SSSR count). The maximum absolute atomic E-state index is 4.60. The summed E-state index contributed by atoms with van der Waals surface area (Å²) in [6.07, 6.45) is 3.50. The van der Waals surface area contributed by atoms with Crippen molar-refractivity contribution in [2.45, 2.75) is 0 Å². The highest BCUT2D eigenvalue weighted by Crippen LogP contribution is 2.20. The Labute approximate surface area is 157 Å². The second-order valence-corrected chi connectivity index (χ2v) is 5.92. The van der Waals surface area contributed by atoms with Crippen LogP contribution in [-0.4, -0.2) is 19.9 Å². The zero-order chi connectivity index (χ0) is 18.3. The standard InChI is InChI=1S/C16H12N2.C7H6N2/c1-3-7-13(8-4-1)15-11-12-17-16(18-15)14-9-5-2-6-10-14;1-2-4-7-6(3-1)8-5-9-7/h1-12H;1-5H,(H,8,9). The summed E-state index contributed by atoms with van der Waals surface area (Å²) in [6.45, 7) is 0. The highest BCUT2D eigenvalue weighted by atomic mass is 14.9. The van der Waals surface area contributed by atoms with Gasteiger partial charge < -0.3 is 4.98 Å². The van der Waals surface area contributed by atoms with E-state index in [0.717, 1.165) is 33.7 Å². The van der Waals surface area contributed by atoms with E-state index in [2.05, 4.69) is 32.1 Å². The van der Waals surface area contributed by atoms with Crippen molar-refractivity contribution in [3.05, 3.63) is 104 Å². The van der Waals surface area contributed by atoms with Gasteiger partial charge in [-0.3, -0.25) is 0 Å². The monoisotopic (exact) mass is 350 g/mol. The second-order valence-electron chi connectivity index (χ2n) is 5.92. The topological polar surface area (TPSA) is 54.5 Å². The van der Waals surface area contributed by atoms with Crippen LogP contribution in [0.3, 0.4) is 0 Å². The first-order valence-corrected chi connectivity index (χ1v) is 8.72. The highest BCUT2D eigenvalue weighted by molar-refractivity contribution is 5.73.